The van der Waals surface area contributed by atoms with Crippen LogP contribution in [-0.4, -0.2) is 66.5 Å². The first kappa shape index (κ1) is 20.2. The summed E-state index contributed by atoms with van der Waals surface area (Å²) in [4.78, 5) is 28.3. The highest BCUT2D eigenvalue weighted by molar-refractivity contribution is 6.58. The Hall–Kier alpha value is -2.09. The van der Waals surface area contributed by atoms with Crippen LogP contribution < -0.4 is 5.32 Å². The lowest BCUT2D eigenvalue weighted by Crippen LogP contribution is -2.73. The van der Waals surface area contributed by atoms with Gasteiger partial charge in [-0.1, -0.05) is 11.6 Å². The van der Waals surface area contributed by atoms with Gasteiger partial charge in [0, 0.05) is 31.2 Å². The zero-order chi connectivity index (χ0) is 19.3. The minimum absolute atomic E-state index is 0.0887. The molecule has 1 aromatic carbocycles. The Bertz CT molecular complexity index is 720. The molecule has 1 aliphatic rings. The standard InChI is InChI=1S/C18H22ClFN4O2/c1-12-10-23(11-16(25)13-3-5-14(20)6-4-13)7-8-24(12)18(26)17(21)15(19)9-22-2/h3-6,9,12,21-22H,7-8,10-11H2,1-2H3/p+1/b15-9+,21-17?/t12-/m0/s1. The summed E-state index contributed by atoms with van der Waals surface area (Å²) in [5.41, 5.74) is 0.236. The Morgan fingerprint density at radius 1 is 1.35 bits per heavy atom. The van der Waals surface area contributed by atoms with E-state index in [1.54, 1.807) is 17.3 Å². The number of piperazine rings is 1. The van der Waals surface area contributed by atoms with Crippen LogP contribution >= 0.6 is 11.6 Å². The lowest BCUT2D eigenvalue weighted by molar-refractivity contribution is -0.556. The molecule has 3 N–H and O–H groups in total. The van der Waals surface area contributed by atoms with Crippen molar-refractivity contribution in [1.29, 1.82) is 5.41 Å². The second-order valence-corrected chi connectivity index (χ2v) is 6.64. The number of carbonyl (C=O) groups excluding carboxylic acids is 2. The highest BCUT2D eigenvalue weighted by Crippen LogP contribution is 2.14. The Labute approximate surface area is 157 Å². The van der Waals surface area contributed by atoms with Gasteiger partial charge in [0.05, 0.1) is 13.6 Å². The first-order valence-electron chi connectivity index (χ1n) is 8.39. The van der Waals surface area contributed by atoms with E-state index >= 15 is 0 Å². The van der Waals surface area contributed by atoms with E-state index in [-0.39, 0.29) is 34.9 Å². The number of nitrogens with zero attached hydrogens (tertiary/aromatic N) is 2. The topological polar surface area (TPSA) is 81.1 Å². The fraction of sp³-hybridized carbons (Fsp3) is 0.389. The van der Waals surface area contributed by atoms with E-state index in [0.29, 0.717) is 25.2 Å². The molecule has 6 nitrogen and oxygen atoms in total. The highest BCUT2D eigenvalue weighted by Gasteiger charge is 2.31. The number of benzene rings is 1. The van der Waals surface area contributed by atoms with Crippen LogP contribution in [-0.2, 0) is 4.79 Å². The molecule has 8 heteroatoms. The highest BCUT2D eigenvalue weighted by atomic mass is 35.5. The van der Waals surface area contributed by atoms with Gasteiger partial charge < -0.3 is 10.2 Å². The maximum absolute atomic E-state index is 13.0. The molecule has 0 aromatic heterocycles. The number of rotatable bonds is 6. The average molecular weight is 382 g/mol. The largest absolute Gasteiger partial charge is 0.332 e. The van der Waals surface area contributed by atoms with Crippen LogP contribution in [0.25, 0.3) is 0 Å². The van der Waals surface area contributed by atoms with Gasteiger partial charge in [-0.15, -0.1) is 0 Å². The van der Waals surface area contributed by atoms with Crippen LogP contribution in [0, 0.1) is 11.2 Å². The van der Waals surface area contributed by atoms with Gasteiger partial charge in [-0.2, -0.15) is 0 Å². The van der Waals surface area contributed by atoms with Gasteiger partial charge in [0.25, 0.3) is 5.91 Å². The van der Waals surface area contributed by atoms with Gasteiger partial charge in [0.1, 0.15) is 22.8 Å². The number of hydrogen-bond donors (Lipinski definition) is 2. The quantitative estimate of drug-likeness (QED) is 0.566. The van der Waals surface area contributed by atoms with Gasteiger partial charge in [0.15, 0.2) is 5.78 Å². The summed E-state index contributed by atoms with van der Waals surface area (Å²) in [6, 6.07) is 5.34. The molecule has 0 bridgehead atoms. The predicted octanol–water partition coefficient (Wildman–Crippen LogP) is 0.834. The Morgan fingerprint density at radius 3 is 2.58 bits per heavy atom. The summed E-state index contributed by atoms with van der Waals surface area (Å²) in [5.74, 6) is -0.877. The van der Waals surface area contributed by atoms with Gasteiger partial charge in [-0.05, 0) is 31.2 Å². The molecule has 1 heterocycles. The molecule has 0 saturated carbocycles. The summed E-state index contributed by atoms with van der Waals surface area (Å²) in [5, 5.41) is 9.70. The molecule has 2 rings (SSSR count). The molecule has 1 atom stereocenters. The van der Waals surface area contributed by atoms with Crippen molar-refractivity contribution in [3.8, 4) is 0 Å². The lowest BCUT2D eigenvalue weighted by atomic mass is 10.1. The van der Waals surface area contributed by atoms with Gasteiger partial charge in [0.2, 0.25) is 0 Å². The molecular formula is C18H23ClFN4O2+. The third kappa shape index (κ3) is 4.97. The normalized spacial score (nSPS) is 18.7. The number of hydrogen-bond acceptors (Lipinski definition) is 4. The van der Waals surface area contributed by atoms with E-state index in [4.69, 9.17) is 17.0 Å². The van der Waals surface area contributed by atoms with E-state index < -0.39 is 5.91 Å². The number of amides is 1. The van der Waals surface area contributed by atoms with E-state index in [0.717, 1.165) is 0 Å². The van der Waals surface area contributed by atoms with E-state index in [2.05, 4.69) is 0 Å². The number of nitrogens with one attached hydrogen (secondary N) is 1. The zero-order valence-corrected chi connectivity index (χ0v) is 15.6. The van der Waals surface area contributed by atoms with Crippen molar-refractivity contribution in [2.24, 2.45) is 0 Å². The van der Waals surface area contributed by atoms with E-state index in [1.165, 1.54) is 30.5 Å². The second kappa shape index (κ2) is 9.02. The van der Waals surface area contributed by atoms with Crippen molar-refractivity contribution in [3.05, 3.63) is 46.9 Å². The molecule has 1 aromatic rings. The molecule has 0 radical (unpaired) electrons. The molecule has 26 heavy (non-hydrogen) atoms. The molecule has 0 spiro atoms. The first-order valence-corrected chi connectivity index (χ1v) is 8.77. The van der Waals surface area contributed by atoms with Gasteiger partial charge in [-0.3, -0.25) is 19.9 Å². The van der Waals surface area contributed by atoms with Crippen LogP contribution in [0.1, 0.15) is 17.3 Å². The summed E-state index contributed by atoms with van der Waals surface area (Å²) in [6.07, 6.45) is 1.52. The number of halogens is 2. The van der Waals surface area contributed by atoms with Crippen LogP contribution in [0.5, 0.6) is 0 Å². The second-order valence-electron chi connectivity index (χ2n) is 6.24. The van der Waals surface area contributed by atoms with Crippen LogP contribution in [0.2, 0.25) is 0 Å². The summed E-state index contributed by atoms with van der Waals surface area (Å²) in [6.45, 7) is 3.55. The van der Waals surface area contributed by atoms with Gasteiger partial charge in [-0.25, -0.2) is 4.39 Å². The van der Waals surface area contributed by atoms with Crippen LogP contribution in [0.15, 0.2) is 35.5 Å². The van der Waals surface area contributed by atoms with Gasteiger partial charge >= 0.3 is 0 Å². The molecule has 140 valence electrons. The SMILES string of the molecule is C[NH2+]/C=C(/Cl)C(=N)C(=O)N1CCN(CC(=O)c2ccc(F)cc2)C[C@@H]1C. The number of ketones is 1. The third-order valence-electron chi connectivity index (χ3n) is 4.27. The van der Waals surface area contributed by atoms with E-state index in [9.17, 15) is 14.0 Å². The molecule has 1 amide bonds. The third-order valence-corrected chi connectivity index (χ3v) is 4.59. The fourth-order valence-corrected chi connectivity index (χ4v) is 3.09. The first-order chi connectivity index (χ1) is 12.3. The molecule has 0 aliphatic carbocycles. The molecule has 0 unspecified atom stereocenters. The summed E-state index contributed by atoms with van der Waals surface area (Å²) < 4.78 is 13.0. The number of quaternary nitrogens is 1. The van der Waals surface area contributed by atoms with Crippen molar-refractivity contribution in [1.82, 2.24) is 9.80 Å². The minimum Gasteiger partial charge on any atom is -0.332 e. The minimum atomic E-state index is -0.412. The fourth-order valence-electron chi connectivity index (χ4n) is 2.88. The molecule has 1 saturated heterocycles. The zero-order valence-electron chi connectivity index (χ0n) is 14.8. The van der Waals surface area contributed by atoms with E-state index in [1.807, 2.05) is 11.8 Å². The van der Waals surface area contributed by atoms with Crippen molar-refractivity contribution in [2.75, 3.05) is 33.2 Å². The smallest absolute Gasteiger partial charge is 0.273 e. The summed E-state index contributed by atoms with van der Waals surface area (Å²) in [7, 11) is 1.76. The maximum Gasteiger partial charge on any atom is 0.273 e. The Morgan fingerprint density at radius 2 is 2.00 bits per heavy atom. The summed E-state index contributed by atoms with van der Waals surface area (Å²) >= 11 is 5.95. The Kier molecular flexibility index (Phi) is 7.02. The number of Topliss-reactive ketones (excluding diaryl/α,β-unsaturated/α-hetero) is 1. The number of carbonyl (C=O) groups is 2. The molecule has 1 fully saturated rings. The molecular weight excluding hydrogens is 359 g/mol. The predicted molar refractivity (Wildman–Crippen MR) is 97.9 cm³/mol. The number of nitrogens with two attached hydrogens (primary N) is 1. The van der Waals surface area contributed by atoms with Crippen molar-refractivity contribution in [2.45, 2.75) is 13.0 Å². The lowest BCUT2D eigenvalue weighted by Gasteiger charge is -2.39. The monoisotopic (exact) mass is 381 g/mol. The van der Waals surface area contributed by atoms with Crippen LogP contribution in [0.4, 0.5) is 4.39 Å². The average Bonchev–Trinajstić information content (AvgIpc) is 2.61. The van der Waals surface area contributed by atoms with Crippen molar-refractivity contribution in [3.63, 3.8) is 0 Å². The van der Waals surface area contributed by atoms with Crippen molar-refractivity contribution >= 4 is 29.0 Å². The molecule has 1 aliphatic heterocycles. The maximum atomic E-state index is 13.0. The van der Waals surface area contributed by atoms with Crippen molar-refractivity contribution < 1.29 is 19.3 Å². The Balaban J connectivity index is 1.94. The van der Waals surface area contributed by atoms with Crippen LogP contribution in [0.3, 0.4) is 0 Å².